The number of halogens is 1. The molecule has 1 rings (SSSR count). The van der Waals surface area contributed by atoms with Gasteiger partial charge in [-0.25, -0.2) is 0 Å². The van der Waals surface area contributed by atoms with Crippen molar-refractivity contribution in [3.8, 4) is 0 Å². The molecule has 0 saturated carbocycles. The van der Waals surface area contributed by atoms with Crippen LogP contribution < -0.4 is 10.6 Å². The first-order valence-electron chi connectivity index (χ1n) is 6.11. The van der Waals surface area contributed by atoms with Gasteiger partial charge in [0.05, 0.1) is 17.7 Å². The van der Waals surface area contributed by atoms with Crippen molar-refractivity contribution in [2.45, 2.75) is 57.4 Å². The van der Waals surface area contributed by atoms with Crippen molar-refractivity contribution in [1.29, 1.82) is 0 Å². The second-order valence-electron chi connectivity index (χ2n) is 5.43. The molecule has 3 atom stereocenters. The molecule has 0 bridgehead atoms. The maximum Gasteiger partial charge on any atom is 0.237 e. The van der Waals surface area contributed by atoms with E-state index in [9.17, 15) is 9.90 Å². The SMILES string of the molecule is COC(C)(C)CC(C)NC(=O)C1CC(O)CN1.Cl. The Balaban J connectivity index is 0.00000289. The highest BCUT2D eigenvalue weighted by atomic mass is 35.5. The zero-order valence-corrected chi connectivity index (χ0v) is 12.3. The van der Waals surface area contributed by atoms with E-state index in [-0.39, 0.29) is 36.0 Å². The lowest BCUT2D eigenvalue weighted by Gasteiger charge is -2.27. The van der Waals surface area contributed by atoms with Crippen LogP contribution in [0, 0.1) is 0 Å². The summed E-state index contributed by atoms with van der Waals surface area (Å²) in [5.74, 6) is -0.0408. The monoisotopic (exact) mass is 280 g/mol. The molecule has 1 fully saturated rings. The van der Waals surface area contributed by atoms with Crippen LogP contribution in [-0.4, -0.2) is 48.5 Å². The van der Waals surface area contributed by atoms with Gasteiger partial charge in [0.15, 0.2) is 0 Å². The summed E-state index contributed by atoms with van der Waals surface area (Å²) < 4.78 is 5.33. The van der Waals surface area contributed by atoms with E-state index < -0.39 is 6.10 Å². The fraction of sp³-hybridized carbons (Fsp3) is 0.917. The van der Waals surface area contributed by atoms with Crippen molar-refractivity contribution in [2.75, 3.05) is 13.7 Å². The van der Waals surface area contributed by atoms with Gasteiger partial charge in [0.1, 0.15) is 0 Å². The van der Waals surface area contributed by atoms with E-state index in [1.807, 2.05) is 20.8 Å². The lowest BCUT2D eigenvalue weighted by Crippen LogP contribution is -2.46. The lowest BCUT2D eigenvalue weighted by atomic mass is 9.99. The van der Waals surface area contributed by atoms with Gasteiger partial charge in [-0.1, -0.05) is 0 Å². The minimum absolute atomic E-state index is 0. The number of aliphatic hydroxyl groups excluding tert-OH is 1. The molecule has 18 heavy (non-hydrogen) atoms. The maximum absolute atomic E-state index is 11.8. The van der Waals surface area contributed by atoms with Gasteiger partial charge in [-0.2, -0.15) is 0 Å². The first-order chi connectivity index (χ1) is 7.84. The Kier molecular flexibility index (Phi) is 7.14. The number of hydrogen-bond acceptors (Lipinski definition) is 4. The number of aliphatic hydroxyl groups is 1. The highest BCUT2D eigenvalue weighted by Crippen LogP contribution is 2.15. The van der Waals surface area contributed by atoms with E-state index in [4.69, 9.17) is 4.74 Å². The third-order valence-corrected chi connectivity index (χ3v) is 3.16. The Bertz CT molecular complexity index is 274. The topological polar surface area (TPSA) is 70.6 Å². The van der Waals surface area contributed by atoms with E-state index in [2.05, 4.69) is 10.6 Å². The van der Waals surface area contributed by atoms with Crippen LogP contribution >= 0.6 is 12.4 Å². The average Bonchev–Trinajstić information content (AvgIpc) is 2.64. The lowest BCUT2D eigenvalue weighted by molar-refractivity contribution is -0.124. The largest absolute Gasteiger partial charge is 0.392 e. The van der Waals surface area contributed by atoms with Gasteiger partial charge in [-0.3, -0.25) is 4.79 Å². The summed E-state index contributed by atoms with van der Waals surface area (Å²) >= 11 is 0. The molecule has 0 spiro atoms. The number of ether oxygens (including phenoxy) is 1. The number of β-amino-alcohol motifs (C(OH)–C–C–N with tert-alkyl or cyclic N) is 1. The fourth-order valence-corrected chi connectivity index (χ4v) is 2.13. The Labute approximate surface area is 115 Å². The van der Waals surface area contributed by atoms with E-state index in [0.717, 1.165) is 6.42 Å². The van der Waals surface area contributed by atoms with E-state index in [0.29, 0.717) is 13.0 Å². The molecule has 5 nitrogen and oxygen atoms in total. The summed E-state index contributed by atoms with van der Waals surface area (Å²) in [7, 11) is 1.67. The Morgan fingerprint density at radius 3 is 2.67 bits per heavy atom. The first-order valence-corrected chi connectivity index (χ1v) is 6.11. The predicted octanol–water partition coefficient (Wildman–Crippen LogP) is 0.451. The molecule has 0 aliphatic carbocycles. The highest BCUT2D eigenvalue weighted by Gasteiger charge is 2.29. The molecule has 3 N–H and O–H groups in total. The molecule has 1 aliphatic rings. The molecule has 3 unspecified atom stereocenters. The van der Waals surface area contributed by atoms with Crippen LogP contribution in [0.4, 0.5) is 0 Å². The maximum atomic E-state index is 11.8. The van der Waals surface area contributed by atoms with Gasteiger partial charge in [-0.05, 0) is 33.6 Å². The number of nitrogens with one attached hydrogen (secondary N) is 2. The molecule has 1 heterocycles. The number of carbonyl (C=O) groups is 1. The highest BCUT2D eigenvalue weighted by molar-refractivity contribution is 5.85. The second-order valence-corrected chi connectivity index (χ2v) is 5.43. The van der Waals surface area contributed by atoms with Crippen molar-refractivity contribution >= 4 is 18.3 Å². The van der Waals surface area contributed by atoms with Gasteiger partial charge in [0, 0.05) is 19.7 Å². The average molecular weight is 281 g/mol. The number of rotatable bonds is 5. The first kappa shape index (κ1) is 17.6. The van der Waals surface area contributed by atoms with Gasteiger partial charge < -0.3 is 20.5 Å². The van der Waals surface area contributed by atoms with Crippen molar-refractivity contribution in [3.05, 3.63) is 0 Å². The van der Waals surface area contributed by atoms with Crippen LogP contribution in [0.2, 0.25) is 0 Å². The minimum atomic E-state index is -0.406. The molecule has 1 amide bonds. The third-order valence-electron chi connectivity index (χ3n) is 3.16. The molecule has 0 radical (unpaired) electrons. The van der Waals surface area contributed by atoms with Gasteiger partial charge in [-0.15, -0.1) is 12.4 Å². The van der Waals surface area contributed by atoms with Crippen molar-refractivity contribution in [3.63, 3.8) is 0 Å². The molecule has 108 valence electrons. The molecular formula is C12H25ClN2O3. The van der Waals surface area contributed by atoms with Gasteiger partial charge in [0.25, 0.3) is 0 Å². The van der Waals surface area contributed by atoms with E-state index >= 15 is 0 Å². The second kappa shape index (κ2) is 7.28. The predicted molar refractivity (Wildman–Crippen MR) is 73.0 cm³/mol. The van der Waals surface area contributed by atoms with E-state index in [1.54, 1.807) is 7.11 Å². The van der Waals surface area contributed by atoms with Crippen LogP contribution in [0.1, 0.15) is 33.6 Å². The van der Waals surface area contributed by atoms with Gasteiger partial charge >= 0.3 is 0 Å². The van der Waals surface area contributed by atoms with Crippen LogP contribution in [0.3, 0.4) is 0 Å². The summed E-state index contributed by atoms with van der Waals surface area (Å²) in [6.07, 6.45) is 0.841. The summed E-state index contributed by atoms with van der Waals surface area (Å²) in [6, 6.07) is -0.213. The number of amides is 1. The van der Waals surface area contributed by atoms with Crippen LogP contribution in [0.25, 0.3) is 0 Å². The summed E-state index contributed by atoms with van der Waals surface area (Å²) in [4.78, 5) is 11.8. The van der Waals surface area contributed by atoms with Crippen molar-refractivity contribution in [2.24, 2.45) is 0 Å². The summed E-state index contributed by atoms with van der Waals surface area (Å²) in [6.45, 7) is 6.44. The van der Waals surface area contributed by atoms with Crippen molar-refractivity contribution in [1.82, 2.24) is 10.6 Å². The molecule has 1 aliphatic heterocycles. The van der Waals surface area contributed by atoms with E-state index in [1.165, 1.54) is 0 Å². The van der Waals surface area contributed by atoms with Crippen molar-refractivity contribution < 1.29 is 14.6 Å². The number of methoxy groups -OCH3 is 1. The normalized spacial score (nSPS) is 25.4. The molecular weight excluding hydrogens is 256 g/mol. The number of hydrogen-bond donors (Lipinski definition) is 3. The number of carbonyl (C=O) groups excluding carboxylic acids is 1. The summed E-state index contributed by atoms with van der Waals surface area (Å²) in [5, 5.41) is 15.3. The van der Waals surface area contributed by atoms with Gasteiger partial charge in [0.2, 0.25) is 5.91 Å². The van der Waals surface area contributed by atoms with Crippen LogP contribution in [-0.2, 0) is 9.53 Å². The Morgan fingerprint density at radius 1 is 1.61 bits per heavy atom. The zero-order chi connectivity index (χ0) is 13.1. The molecule has 6 heteroatoms. The zero-order valence-electron chi connectivity index (χ0n) is 11.5. The minimum Gasteiger partial charge on any atom is -0.392 e. The Hall–Kier alpha value is -0.360. The molecule has 0 aromatic carbocycles. The van der Waals surface area contributed by atoms with Crippen LogP contribution in [0.5, 0.6) is 0 Å². The third kappa shape index (κ3) is 5.52. The molecule has 0 aromatic rings. The molecule has 0 aromatic heterocycles. The summed E-state index contributed by atoms with van der Waals surface area (Å²) in [5.41, 5.74) is -0.241. The fourth-order valence-electron chi connectivity index (χ4n) is 2.13. The Morgan fingerprint density at radius 2 is 2.22 bits per heavy atom. The quantitative estimate of drug-likeness (QED) is 0.684. The molecule has 1 saturated heterocycles. The standard InChI is InChI=1S/C12H24N2O3.ClH/c1-8(6-12(2,3)17-4)14-11(16)10-5-9(15)7-13-10;/h8-10,13,15H,5-7H2,1-4H3,(H,14,16);1H. The van der Waals surface area contributed by atoms with Crippen LogP contribution in [0.15, 0.2) is 0 Å². The smallest absolute Gasteiger partial charge is 0.237 e.